The van der Waals surface area contributed by atoms with Crippen molar-refractivity contribution in [2.24, 2.45) is 0 Å². The molecule has 0 unspecified atom stereocenters. The molecule has 0 saturated heterocycles. The van der Waals surface area contributed by atoms with Crippen LogP contribution in [-0.4, -0.2) is 30.9 Å². The zero-order valence-electron chi connectivity index (χ0n) is 12.0. The van der Waals surface area contributed by atoms with Crippen LogP contribution in [0.2, 0.25) is 0 Å². The first kappa shape index (κ1) is 15.5. The molecule has 0 aliphatic heterocycles. The van der Waals surface area contributed by atoms with Gasteiger partial charge < -0.3 is 14.6 Å². The van der Waals surface area contributed by atoms with Crippen molar-refractivity contribution in [3.05, 3.63) is 29.8 Å². The van der Waals surface area contributed by atoms with E-state index >= 15 is 0 Å². The van der Waals surface area contributed by atoms with Crippen molar-refractivity contribution < 1.29 is 19.4 Å². The second kappa shape index (κ2) is 6.57. The molecule has 0 amide bonds. The number of methoxy groups -OCH3 is 1. The number of carbonyl (C=O) groups is 1. The van der Waals surface area contributed by atoms with Gasteiger partial charge in [-0.25, -0.2) is 0 Å². The van der Waals surface area contributed by atoms with Gasteiger partial charge in [0.2, 0.25) is 0 Å². The zero-order chi connectivity index (χ0) is 14.5. The molecule has 106 valence electrons. The summed E-state index contributed by atoms with van der Waals surface area (Å²) in [6.07, 6.45) is -0.911. The number of ether oxygens (including phenoxy) is 2. The van der Waals surface area contributed by atoms with Gasteiger partial charge in [0.15, 0.2) is 0 Å². The standard InChI is InChI=1S/C15H22O4/c1-15(2,3)11-5-7-13(8-6-11)19-10-12(16)9-14(17)18-4/h5-8,12,16H,9-10H2,1-4H3/t12-/m1/s1. The first-order valence-electron chi connectivity index (χ1n) is 6.31. The summed E-state index contributed by atoms with van der Waals surface area (Å²) < 4.78 is 9.89. The number of carbonyl (C=O) groups excluding carboxylic acids is 1. The average Bonchev–Trinajstić information content (AvgIpc) is 2.35. The summed E-state index contributed by atoms with van der Waals surface area (Å²) in [5, 5.41) is 9.57. The van der Waals surface area contributed by atoms with Crippen LogP contribution in [-0.2, 0) is 14.9 Å². The Morgan fingerprint density at radius 2 is 1.84 bits per heavy atom. The maximum atomic E-state index is 11.0. The first-order valence-corrected chi connectivity index (χ1v) is 6.31. The molecule has 0 radical (unpaired) electrons. The summed E-state index contributed by atoms with van der Waals surface area (Å²) in [4.78, 5) is 11.0. The van der Waals surface area contributed by atoms with Gasteiger partial charge in [0.25, 0.3) is 0 Å². The molecule has 0 saturated carbocycles. The van der Waals surface area contributed by atoms with E-state index in [-0.39, 0.29) is 18.4 Å². The van der Waals surface area contributed by atoms with Crippen LogP contribution in [0.3, 0.4) is 0 Å². The van der Waals surface area contributed by atoms with E-state index in [1.165, 1.54) is 12.7 Å². The molecule has 0 fully saturated rings. The van der Waals surface area contributed by atoms with Crippen LogP contribution in [0.5, 0.6) is 5.75 Å². The Hall–Kier alpha value is -1.55. The Bertz CT molecular complexity index is 403. The van der Waals surface area contributed by atoms with E-state index < -0.39 is 12.1 Å². The predicted octanol–water partition coefficient (Wildman–Crippen LogP) is 2.29. The molecule has 19 heavy (non-hydrogen) atoms. The molecule has 1 aromatic carbocycles. The molecule has 0 spiro atoms. The van der Waals surface area contributed by atoms with E-state index in [4.69, 9.17) is 4.74 Å². The molecule has 0 bridgehead atoms. The third-order valence-corrected chi connectivity index (χ3v) is 2.79. The second-order valence-corrected chi connectivity index (χ2v) is 5.52. The van der Waals surface area contributed by atoms with Gasteiger partial charge in [-0.3, -0.25) is 4.79 Å². The highest BCUT2D eigenvalue weighted by atomic mass is 16.5. The summed E-state index contributed by atoms with van der Waals surface area (Å²) in [5.74, 6) is 0.232. The number of esters is 1. The summed E-state index contributed by atoms with van der Waals surface area (Å²) in [7, 11) is 1.29. The highest BCUT2D eigenvalue weighted by Gasteiger charge is 2.14. The van der Waals surface area contributed by atoms with Crippen molar-refractivity contribution in [2.45, 2.75) is 38.7 Å². The molecule has 0 heterocycles. The van der Waals surface area contributed by atoms with Crippen LogP contribution in [0.1, 0.15) is 32.8 Å². The van der Waals surface area contributed by atoms with Crippen molar-refractivity contribution in [3.8, 4) is 5.75 Å². The fraction of sp³-hybridized carbons (Fsp3) is 0.533. The van der Waals surface area contributed by atoms with Crippen LogP contribution < -0.4 is 4.74 Å². The molecule has 0 aromatic heterocycles. The third-order valence-electron chi connectivity index (χ3n) is 2.79. The molecule has 4 nitrogen and oxygen atoms in total. The minimum absolute atomic E-state index is 0.0590. The lowest BCUT2D eigenvalue weighted by atomic mass is 9.87. The highest BCUT2D eigenvalue weighted by Crippen LogP contribution is 2.24. The van der Waals surface area contributed by atoms with Gasteiger partial charge in [-0.05, 0) is 23.1 Å². The Labute approximate surface area is 114 Å². The maximum Gasteiger partial charge on any atom is 0.308 e. The van der Waals surface area contributed by atoms with Crippen LogP contribution in [0.4, 0.5) is 0 Å². The van der Waals surface area contributed by atoms with Gasteiger partial charge in [0, 0.05) is 0 Å². The largest absolute Gasteiger partial charge is 0.491 e. The summed E-state index contributed by atoms with van der Waals surface area (Å²) in [6, 6.07) is 7.74. The van der Waals surface area contributed by atoms with Crippen molar-refractivity contribution in [1.82, 2.24) is 0 Å². The Kier molecular flexibility index (Phi) is 5.36. The number of aliphatic hydroxyl groups excluding tert-OH is 1. The number of rotatable bonds is 5. The third kappa shape index (κ3) is 5.30. The topological polar surface area (TPSA) is 55.8 Å². The molecular weight excluding hydrogens is 244 g/mol. The second-order valence-electron chi connectivity index (χ2n) is 5.52. The normalized spacial score (nSPS) is 12.9. The molecule has 0 aliphatic rings. The number of hydrogen-bond donors (Lipinski definition) is 1. The van der Waals surface area contributed by atoms with Gasteiger partial charge in [0.05, 0.1) is 19.6 Å². The van der Waals surface area contributed by atoms with Crippen molar-refractivity contribution in [2.75, 3.05) is 13.7 Å². The van der Waals surface area contributed by atoms with Crippen LogP contribution in [0.15, 0.2) is 24.3 Å². The van der Waals surface area contributed by atoms with Crippen molar-refractivity contribution >= 4 is 5.97 Å². The molecule has 1 rings (SSSR count). The van der Waals surface area contributed by atoms with Gasteiger partial charge in [0.1, 0.15) is 12.4 Å². The fourth-order valence-electron chi connectivity index (χ4n) is 1.58. The lowest BCUT2D eigenvalue weighted by molar-refractivity contribution is -0.143. The zero-order valence-corrected chi connectivity index (χ0v) is 12.0. The molecule has 1 N–H and O–H groups in total. The lowest BCUT2D eigenvalue weighted by Gasteiger charge is -2.19. The molecule has 1 aromatic rings. The smallest absolute Gasteiger partial charge is 0.308 e. The summed E-state index contributed by atoms with van der Waals surface area (Å²) in [5.41, 5.74) is 1.32. The quantitative estimate of drug-likeness (QED) is 0.831. The van der Waals surface area contributed by atoms with Crippen LogP contribution in [0.25, 0.3) is 0 Å². The average molecular weight is 266 g/mol. The van der Waals surface area contributed by atoms with E-state index in [0.717, 1.165) is 0 Å². The van der Waals surface area contributed by atoms with E-state index in [2.05, 4.69) is 25.5 Å². The highest BCUT2D eigenvalue weighted by molar-refractivity contribution is 5.69. The molecule has 0 aliphatic carbocycles. The van der Waals surface area contributed by atoms with Gasteiger partial charge >= 0.3 is 5.97 Å². The number of hydrogen-bond acceptors (Lipinski definition) is 4. The SMILES string of the molecule is COC(=O)C[C@@H](O)COc1ccc(C(C)(C)C)cc1. The van der Waals surface area contributed by atoms with E-state index in [1.54, 1.807) is 0 Å². The monoisotopic (exact) mass is 266 g/mol. The minimum atomic E-state index is -0.852. The van der Waals surface area contributed by atoms with Crippen molar-refractivity contribution in [3.63, 3.8) is 0 Å². The number of benzene rings is 1. The minimum Gasteiger partial charge on any atom is -0.491 e. The maximum absolute atomic E-state index is 11.0. The fourth-order valence-corrected chi connectivity index (χ4v) is 1.58. The Balaban J connectivity index is 2.48. The number of aliphatic hydroxyl groups is 1. The summed E-state index contributed by atoms with van der Waals surface area (Å²) >= 11 is 0. The van der Waals surface area contributed by atoms with Crippen LogP contribution >= 0.6 is 0 Å². The Morgan fingerprint density at radius 3 is 2.32 bits per heavy atom. The van der Waals surface area contributed by atoms with Crippen molar-refractivity contribution in [1.29, 1.82) is 0 Å². The lowest BCUT2D eigenvalue weighted by Crippen LogP contribution is -2.22. The first-order chi connectivity index (χ1) is 8.82. The van der Waals surface area contributed by atoms with Gasteiger partial charge in [-0.2, -0.15) is 0 Å². The van der Waals surface area contributed by atoms with Crippen LogP contribution in [0, 0.1) is 0 Å². The van der Waals surface area contributed by atoms with Gasteiger partial charge in [-0.15, -0.1) is 0 Å². The van der Waals surface area contributed by atoms with E-state index in [9.17, 15) is 9.90 Å². The molecular formula is C15H22O4. The van der Waals surface area contributed by atoms with E-state index in [0.29, 0.717) is 5.75 Å². The molecule has 4 heteroatoms. The molecule has 1 atom stereocenters. The Morgan fingerprint density at radius 1 is 1.26 bits per heavy atom. The summed E-state index contributed by atoms with van der Waals surface area (Å²) in [6.45, 7) is 6.50. The van der Waals surface area contributed by atoms with E-state index in [1.807, 2.05) is 24.3 Å². The predicted molar refractivity (Wildman–Crippen MR) is 73.3 cm³/mol. The van der Waals surface area contributed by atoms with Gasteiger partial charge in [-0.1, -0.05) is 32.9 Å².